The Kier molecular flexibility index (Phi) is 6.01. The van der Waals surface area contributed by atoms with Crippen LogP contribution in [0.3, 0.4) is 0 Å². The molecule has 2 fully saturated rings. The summed E-state index contributed by atoms with van der Waals surface area (Å²) in [4.78, 5) is 20.5. The van der Waals surface area contributed by atoms with E-state index >= 15 is 0 Å². The summed E-state index contributed by atoms with van der Waals surface area (Å²) in [5, 5.41) is 9.43. The zero-order chi connectivity index (χ0) is 22.9. The van der Waals surface area contributed by atoms with Crippen LogP contribution in [0, 0.1) is 11.7 Å². The Labute approximate surface area is 191 Å². The number of para-hydroxylation sites is 1. The lowest BCUT2D eigenvalue weighted by atomic mass is 9.95. The number of amides is 1. The van der Waals surface area contributed by atoms with Gasteiger partial charge in [-0.15, -0.1) is 0 Å². The number of carbonyl (C=O) groups is 1. The molecule has 3 aromatic rings. The van der Waals surface area contributed by atoms with E-state index in [1.807, 2.05) is 13.0 Å². The summed E-state index contributed by atoms with van der Waals surface area (Å²) in [6.07, 6.45) is 3.30. The summed E-state index contributed by atoms with van der Waals surface area (Å²) >= 11 is 0. The second kappa shape index (κ2) is 9.09. The van der Waals surface area contributed by atoms with Crippen molar-refractivity contribution >= 4 is 17.0 Å². The number of hydrogen-bond acceptors (Lipinski definition) is 7. The summed E-state index contributed by atoms with van der Waals surface area (Å²) in [5.74, 6) is 1.16. The molecule has 2 aliphatic heterocycles. The van der Waals surface area contributed by atoms with E-state index in [0.29, 0.717) is 23.7 Å². The fourth-order valence-corrected chi connectivity index (χ4v) is 5.08. The van der Waals surface area contributed by atoms with Gasteiger partial charge in [0, 0.05) is 30.9 Å². The molecule has 33 heavy (non-hydrogen) atoms. The summed E-state index contributed by atoms with van der Waals surface area (Å²) in [6.45, 7) is 6.38. The minimum Gasteiger partial charge on any atom is -0.453 e. The first-order valence-electron chi connectivity index (χ1n) is 11.6. The number of benzene rings is 1. The van der Waals surface area contributed by atoms with Crippen LogP contribution in [0.2, 0.25) is 0 Å². The third kappa shape index (κ3) is 4.19. The number of hydrogen-bond donors (Lipinski definition) is 0. The van der Waals surface area contributed by atoms with Gasteiger partial charge in [-0.05, 0) is 55.9 Å². The number of aromatic nitrogens is 4. The average Bonchev–Trinajstić information content (AvgIpc) is 3.58. The highest BCUT2D eigenvalue weighted by Gasteiger charge is 2.31. The van der Waals surface area contributed by atoms with Crippen LogP contribution < -0.4 is 0 Å². The highest BCUT2D eigenvalue weighted by molar-refractivity contribution is 5.83. The first-order chi connectivity index (χ1) is 16.1. The number of carbonyl (C=O) groups excluding carboxylic acids is 1. The molecule has 0 unspecified atom stereocenters. The van der Waals surface area contributed by atoms with Crippen LogP contribution in [-0.2, 0) is 11.2 Å². The van der Waals surface area contributed by atoms with Crippen molar-refractivity contribution in [3.63, 3.8) is 0 Å². The minimum atomic E-state index is -0.350. The van der Waals surface area contributed by atoms with Gasteiger partial charge in [-0.25, -0.2) is 9.18 Å². The van der Waals surface area contributed by atoms with Crippen molar-refractivity contribution in [2.24, 2.45) is 5.92 Å². The Morgan fingerprint density at radius 2 is 2.06 bits per heavy atom. The van der Waals surface area contributed by atoms with E-state index in [1.54, 1.807) is 11.0 Å². The number of methoxy groups -OCH3 is 1. The molecular formula is C23H29FN6O3. The van der Waals surface area contributed by atoms with Gasteiger partial charge in [0.2, 0.25) is 5.89 Å². The summed E-state index contributed by atoms with van der Waals surface area (Å²) in [7, 11) is 1.43. The SMILES string of the molecule is CCc1nn(-c2noc(C3CCN(C[C@H]4CCN(C(=O)OC)C4)CC3)n2)c2c(F)cccc12. The lowest BCUT2D eigenvalue weighted by Crippen LogP contribution is -2.37. The molecule has 0 saturated carbocycles. The van der Waals surface area contributed by atoms with E-state index in [1.165, 1.54) is 17.9 Å². The topological polar surface area (TPSA) is 89.5 Å². The van der Waals surface area contributed by atoms with Gasteiger partial charge in [0.05, 0.1) is 12.8 Å². The van der Waals surface area contributed by atoms with Crippen LogP contribution in [0.1, 0.15) is 43.7 Å². The van der Waals surface area contributed by atoms with Crippen molar-refractivity contribution in [2.75, 3.05) is 39.8 Å². The molecule has 0 N–H and O–H groups in total. The number of likely N-dealkylation sites (tertiary alicyclic amines) is 2. The van der Waals surface area contributed by atoms with Gasteiger partial charge in [-0.3, -0.25) is 0 Å². The molecule has 2 aliphatic rings. The van der Waals surface area contributed by atoms with Crippen molar-refractivity contribution in [3.05, 3.63) is 35.6 Å². The van der Waals surface area contributed by atoms with Crippen molar-refractivity contribution in [1.82, 2.24) is 29.7 Å². The highest BCUT2D eigenvalue weighted by atomic mass is 19.1. The van der Waals surface area contributed by atoms with Crippen LogP contribution in [0.4, 0.5) is 9.18 Å². The van der Waals surface area contributed by atoms with Gasteiger partial charge in [-0.1, -0.05) is 19.1 Å². The third-order valence-electron chi connectivity index (χ3n) is 6.86. The summed E-state index contributed by atoms with van der Waals surface area (Å²) in [6, 6.07) is 4.98. The van der Waals surface area contributed by atoms with Crippen LogP contribution >= 0.6 is 0 Å². The molecule has 0 spiro atoms. The smallest absolute Gasteiger partial charge is 0.409 e. The Morgan fingerprint density at radius 1 is 1.24 bits per heavy atom. The zero-order valence-corrected chi connectivity index (χ0v) is 19.0. The van der Waals surface area contributed by atoms with Crippen molar-refractivity contribution in [3.8, 4) is 5.95 Å². The van der Waals surface area contributed by atoms with Crippen LogP contribution in [0.5, 0.6) is 0 Å². The number of nitrogens with zero attached hydrogens (tertiary/aromatic N) is 6. The van der Waals surface area contributed by atoms with Crippen LogP contribution in [0.25, 0.3) is 16.9 Å². The van der Waals surface area contributed by atoms with Gasteiger partial charge >= 0.3 is 6.09 Å². The molecule has 1 amide bonds. The van der Waals surface area contributed by atoms with E-state index in [4.69, 9.17) is 9.26 Å². The largest absolute Gasteiger partial charge is 0.453 e. The molecule has 0 radical (unpaired) electrons. The number of ether oxygens (including phenoxy) is 1. The normalized spacial score (nSPS) is 20.1. The fraction of sp³-hybridized carbons (Fsp3) is 0.565. The maximum absolute atomic E-state index is 14.6. The van der Waals surface area contributed by atoms with E-state index < -0.39 is 0 Å². The molecule has 4 heterocycles. The Bertz CT molecular complexity index is 1140. The summed E-state index contributed by atoms with van der Waals surface area (Å²) in [5.41, 5.74) is 1.19. The molecule has 10 heteroatoms. The standard InChI is InChI=1S/C23H29FN6O3/c1-3-19-17-5-4-6-18(24)20(17)30(26-19)22-25-21(33-27-22)16-8-10-28(11-9-16)13-15-7-12-29(14-15)23(31)32-2/h4-6,15-16H,3,7-14H2,1-2H3/t15-/m1/s1. The maximum Gasteiger partial charge on any atom is 0.409 e. The number of fused-ring (bicyclic) bond motifs is 1. The molecule has 2 saturated heterocycles. The average molecular weight is 457 g/mol. The number of aryl methyl sites for hydroxylation is 1. The Morgan fingerprint density at radius 3 is 2.82 bits per heavy atom. The monoisotopic (exact) mass is 456 g/mol. The van der Waals surface area contributed by atoms with Gasteiger partial charge in [-0.2, -0.15) is 14.8 Å². The van der Waals surface area contributed by atoms with E-state index in [2.05, 4.69) is 20.1 Å². The molecule has 1 atom stereocenters. The van der Waals surface area contributed by atoms with Crippen LogP contribution in [-0.4, -0.2) is 75.6 Å². The first-order valence-corrected chi connectivity index (χ1v) is 11.6. The predicted molar refractivity (Wildman–Crippen MR) is 119 cm³/mol. The lowest BCUT2D eigenvalue weighted by molar-refractivity contribution is 0.128. The first kappa shape index (κ1) is 21.8. The second-order valence-corrected chi connectivity index (χ2v) is 8.93. The second-order valence-electron chi connectivity index (χ2n) is 8.93. The molecule has 5 rings (SSSR count). The van der Waals surface area contributed by atoms with E-state index in [0.717, 1.165) is 63.1 Å². The van der Waals surface area contributed by atoms with Gasteiger partial charge in [0.15, 0.2) is 0 Å². The fourth-order valence-electron chi connectivity index (χ4n) is 5.08. The number of piperidine rings is 1. The predicted octanol–water partition coefficient (Wildman–Crippen LogP) is 3.38. The molecular weight excluding hydrogens is 427 g/mol. The molecule has 0 aliphatic carbocycles. The highest BCUT2D eigenvalue weighted by Crippen LogP contribution is 2.30. The number of halogens is 1. The quantitative estimate of drug-likeness (QED) is 0.581. The zero-order valence-electron chi connectivity index (χ0n) is 19.0. The molecule has 176 valence electrons. The van der Waals surface area contributed by atoms with E-state index in [-0.39, 0.29) is 23.8 Å². The lowest BCUT2D eigenvalue weighted by Gasteiger charge is -2.32. The van der Waals surface area contributed by atoms with Crippen molar-refractivity contribution < 1.29 is 18.4 Å². The van der Waals surface area contributed by atoms with E-state index in [9.17, 15) is 9.18 Å². The number of rotatable bonds is 5. The van der Waals surface area contributed by atoms with Gasteiger partial charge in [0.1, 0.15) is 11.3 Å². The Balaban J connectivity index is 1.23. The maximum atomic E-state index is 14.6. The van der Waals surface area contributed by atoms with Gasteiger partial charge < -0.3 is 19.1 Å². The van der Waals surface area contributed by atoms with Crippen molar-refractivity contribution in [2.45, 2.75) is 38.5 Å². The molecule has 9 nitrogen and oxygen atoms in total. The van der Waals surface area contributed by atoms with Crippen LogP contribution in [0.15, 0.2) is 22.7 Å². The van der Waals surface area contributed by atoms with Crippen molar-refractivity contribution in [1.29, 1.82) is 0 Å². The third-order valence-corrected chi connectivity index (χ3v) is 6.86. The molecule has 0 bridgehead atoms. The summed E-state index contributed by atoms with van der Waals surface area (Å²) < 4.78 is 26.4. The molecule has 1 aromatic carbocycles. The Hall–Kier alpha value is -3.01. The van der Waals surface area contributed by atoms with Gasteiger partial charge in [0.25, 0.3) is 5.95 Å². The molecule has 2 aromatic heterocycles. The minimum absolute atomic E-state index is 0.176.